The molecule has 4 amide bonds. The van der Waals surface area contributed by atoms with Gasteiger partial charge in [-0.2, -0.15) is 0 Å². The van der Waals surface area contributed by atoms with E-state index >= 15 is 0 Å². The van der Waals surface area contributed by atoms with E-state index in [1.807, 2.05) is 20.8 Å². The highest BCUT2D eigenvalue weighted by atomic mass is 16.5. The fraction of sp³-hybridized carbons (Fsp3) is 0.695. The minimum atomic E-state index is -1.45. The minimum absolute atomic E-state index is 0.0462. The SMILES string of the molecule is CC[C@H]1C[C@@H]2C[C@H]3[C@@H](O)[C@@H](C)[C@H](C[C@H](O)[C@@H](C)CCC(O)C/C=C(\C)[C@@H]4C/C=C/C=C/[C@H](O)[C@H](C)[C@@H](O)[C@@H](CCC(C)=O)C(=O)N[C@@H](C(C)C)C(=O)N[C@@H](Cc5cccc(O)c5)C(=O)N5CCCC(N5)C(=O)O4)O[C@]23NC1=O. The number of esters is 1. The summed E-state index contributed by atoms with van der Waals surface area (Å²) >= 11 is 0. The van der Waals surface area contributed by atoms with E-state index in [2.05, 4.69) is 21.4 Å². The number of amides is 4. The first-order valence-corrected chi connectivity index (χ1v) is 28.5. The maximum Gasteiger partial charge on any atom is 0.325 e. The van der Waals surface area contributed by atoms with Gasteiger partial charge in [0.25, 0.3) is 5.91 Å². The number of aromatic hydroxyl groups is 1. The van der Waals surface area contributed by atoms with Gasteiger partial charge >= 0.3 is 5.97 Å². The molecule has 19 nitrogen and oxygen atoms in total. The number of nitrogens with zero attached hydrogens (tertiary/aromatic N) is 1. The Kier molecular flexibility index (Phi) is 22.3. The number of rotatable bonds is 16. The lowest BCUT2D eigenvalue weighted by Gasteiger charge is -2.65. The van der Waals surface area contributed by atoms with Crippen LogP contribution >= 0.6 is 0 Å². The van der Waals surface area contributed by atoms with Gasteiger partial charge in [0.05, 0.1) is 42.5 Å². The van der Waals surface area contributed by atoms with Crippen LogP contribution in [0, 0.1) is 47.3 Å². The number of ketones is 1. The number of fused-ring (bicyclic) bond motifs is 2. The van der Waals surface area contributed by atoms with E-state index in [0.29, 0.717) is 43.2 Å². The number of benzene rings is 1. The van der Waals surface area contributed by atoms with Gasteiger partial charge in [0.2, 0.25) is 17.7 Å². The number of cyclic esters (lactones) is 1. The number of piperidine rings is 1. The standard InChI is InChI=1S/C59H89N5O14/c1-9-39-29-40-30-44-53(71)37(8)50(78-59(40,44)62-54(39)72)31-48(69)33(4)20-23-41(66)24-21-34(5)49-19-12-10-11-18-47(68)36(7)52(70)43(25-22-35(6)65)55(73)61-51(32(2)3)56(74)60-46(28-38-15-13-16-42(67)27-38)57(75)64-26-14-17-45(63-64)58(76)77-49/h10-13,15-16,18,21,27,32-33,36-37,39-41,43-53,63,66-71H,9,14,17,19-20,22-26,28-31H2,1-8H3,(H,60,74)(H,61,73)(H,62,72)/b12-10+,18-11+,34-21+/t33-,36-,37-,39-,40+,41?,43+,44-,45?,46-,47-,48-,49-,50-,51-,52+,53-,59+/m0/s1. The second-order valence-electron chi connectivity index (χ2n) is 23.5. The van der Waals surface area contributed by atoms with E-state index in [4.69, 9.17) is 9.47 Å². The molecule has 3 saturated heterocycles. The van der Waals surface area contributed by atoms with E-state index in [1.54, 1.807) is 64.1 Å². The molecule has 1 spiro atoms. The highest BCUT2D eigenvalue weighted by Gasteiger charge is 2.67. The lowest BCUT2D eigenvalue weighted by molar-refractivity contribution is -0.320. The number of Topliss-reactive ketones (excluding diaryl/α,β-unsaturated/α-hetero) is 1. The van der Waals surface area contributed by atoms with Crippen molar-refractivity contribution in [3.63, 3.8) is 0 Å². The highest BCUT2D eigenvalue weighted by molar-refractivity contribution is 5.93. The Morgan fingerprint density at radius 1 is 0.936 bits per heavy atom. The maximum absolute atomic E-state index is 14.5. The summed E-state index contributed by atoms with van der Waals surface area (Å²) in [6.45, 7) is 14.1. The Morgan fingerprint density at radius 3 is 2.37 bits per heavy atom. The second-order valence-corrected chi connectivity index (χ2v) is 23.5. The van der Waals surface area contributed by atoms with Gasteiger partial charge in [-0.25, -0.2) is 5.43 Å². The average molecular weight is 1090 g/mol. The topological polar surface area (TPSA) is 294 Å². The van der Waals surface area contributed by atoms with Crippen molar-refractivity contribution in [1.29, 1.82) is 0 Å². The van der Waals surface area contributed by atoms with Gasteiger partial charge in [-0.15, -0.1) is 0 Å². The first-order valence-electron chi connectivity index (χ1n) is 28.5. The molecular weight excluding hydrogens is 1000 g/mol. The molecule has 2 bridgehead atoms. The van der Waals surface area contributed by atoms with Crippen LogP contribution in [0.25, 0.3) is 0 Å². The number of hydrogen-bond donors (Lipinski definition) is 10. The second kappa shape index (κ2) is 27.9. The van der Waals surface area contributed by atoms with E-state index in [1.165, 1.54) is 30.1 Å². The van der Waals surface area contributed by atoms with Crippen molar-refractivity contribution >= 4 is 35.4 Å². The lowest BCUT2D eigenvalue weighted by Crippen LogP contribution is -2.78. The Bertz CT molecular complexity index is 2340. The first kappa shape index (κ1) is 62.2. The summed E-state index contributed by atoms with van der Waals surface area (Å²) < 4.78 is 12.8. The van der Waals surface area contributed by atoms with Crippen LogP contribution in [0.5, 0.6) is 5.75 Å². The quantitative estimate of drug-likeness (QED) is 0.0828. The van der Waals surface area contributed by atoms with Crippen LogP contribution in [0.3, 0.4) is 0 Å². The normalized spacial score (nSPS) is 35.6. The van der Waals surface area contributed by atoms with Crippen LogP contribution in [-0.4, -0.2) is 144 Å². The molecule has 6 rings (SSSR count). The van der Waals surface area contributed by atoms with Crippen LogP contribution in [0.2, 0.25) is 0 Å². The third kappa shape index (κ3) is 15.5. The molecule has 1 aromatic carbocycles. The third-order valence-electron chi connectivity index (χ3n) is 17.4. The largest absolute Gasteiger partial charge is 0.508 e. The van der Waals surface area contributed by atoms with Gasteiger partial charge in [-0.3, -0.25) is 29.0 Å². The van der Waals surface area contributed by atoms with Crippen LogP contribution < -0.4 is 21.4 Å². The number of hydrogen-bond acceptors (Lipinski definition) is 15. The number of carbonyl (C=O) groups is 6. The van der Waals surface area contributed by atoms with Gasteiger partial charge in [0, 0.05) is 61.8 Å². The third-order valence-corrected chi connectivity index (χ3v) is 17.4. The predicted octanol–water partition coefficient (Wildman–Crippen LogP) is 3.97. The molecule has 4 fully saturated rings. The lowest BCUT2D eigenvalue weighted by atomic mass is 9.55. The van der Waals surface area contributed by atoms with Gasteiger partial charge in [0.1, 0.15) is 41.5 Å². The number of hydrazine groups is 1. The molecule has 0 aromatic heterocycles. The number of phenolic OH excluding ortho intramolecular Hbond substituents is 1. The van der Waals surface area contributed by atoms with E-state index in [-0.39, 0.29) is 92.1 Å². The van der Waals surface area contributed by atoms with Crippen molar-refractivity contribution in [2.24, 2.45) is 47.3 Å². The molecule has 4 aliphatic heterocycles. The van der Waals surface area contributed by atoms with Crippen molar-refractivity contribution in [1.82, 2.24) is 26.4 Å². The van der Waals surface area contributed by atoms with Crippen LogP contribution in [0.15, 0.2) is 60.2 Å². The molecule has 5 aliphatic rings. The molecule has 78 heavy (non-hydrogen) atoms. The number of aliphatic hydroxyl groups excluding tert-OH is 5. The fourth-order valence-electron chi connectivity index (χ4n) is 11.9. The summed E-state index contributed by atoms with van der Waals surface area (Å²) in [6, 6.07) is 2.80. The van der Waals surface area contributed by atoms with E-state index in [9.17, 15) is 59.4 Å². The summed E-state index contributed by atoms with van der Waals surface area (Å²) in [7, 11) is 0. The van der Waals surface area contributed by atoms with E-state index in [0.717, 1.165) is 12.8 Å². The molecular formula is C59H89N5O14. The minimum Gasteiger partial charge on any atom is -0.508 e. The van der Waals surface area contributed by atoms with Crippen LogP contribution in [-0.2, 0) is 44.7 Å². The first-order chi connectivity index (χ1) is 36.9. The van der Waals surface area contributed by atoms with Crippen molar-refractivity contribution in [2.75, 3.05) is 6.54 Å². The van der Waals surface area contributed by atoms with Crippen molar-refractivity contribution in [3.05, 3.63) is 65.8 Å². The Labute approximate surface area is 460 Å². The molecule has 434 valence electrons. The molecule has 0 radical (unpaired) electrons. The van der Waals surface area contributed by atoms with E-state index < -0.39 is 108 Å². The highest BCUT2D eigenvalue weighted by Crippen LogP contribution is 2.57. The van der Waals surface area contributed by atoms with Crippen LogP contribution in [0.1, 0.15) is 138 Å². The number of aliphatic hydroxyl groups is 5. The molecule has 10 N–H and O–H groups in total. The van der Waals surface area contributed by atoms with Crippen molar-refractivity contribution in [3.8, 4) is 5.75 Å². The Balaban J connectivity index is 1.17. The Hall–Kier alpha value is -5.02. The summed E-state index contributed by atoms with van der Waals surface area (Å²) in [5.41, 5.74) is 3.27. The monoisotopic (exact) mass is 1090 g/mol. The molecule has 1 saturated carbocycles. The van der Waals surface area contributed by atoms with Gasteiger partial charge in [-0.05, 0) is 107 Å². The number of carbonyl (C=O) groups excluding carboxylic acids is 6. The number of phenols is 1. The zero-order valence-electron chi connectivity index (χ0n) is 46.9. The summed E-state index contributed by atoms with van der Waals surface area (Å²) in [5, 5.41) is 77.2. The zero-order chi connectivity index (χ0) is 57.2. The van der Waals surface area contributed by atoms with Gasteiger partial charge in [-0.1, -0.05) is 84.1 Å². The summed E-state index contributed by atoms with van der Waals surface area (Å²) in [5.74, 6) is -6.24. The van der Waals surface area contributed by atoms with Gasteiger partial charge < -0.3 is 60.9 Å². The summed E-state index contributed by atoms with van der Waals surface area (Å²) in [4.78, 5) is 82.1. The smallest absolute Gasteiger partial charge is 0.325 e. The van der Waals surface area contributed by atoms with Crippen molar-refractivity contribution in [2.45, 2.75) is 205 Å². The number of nitrogens with one attached hydrogen (secondary N) is 4. The zero-order valence-corrected chi connectivity index (χ0v) is 46.9. The molecule has 1 aliphatic carbocycles. The number of allylic oxidation sites excluding steroid dienone is 2. The maximum atomic E-state index is 14.5. The molecule has 4 heterocycles. The molecule has 19 heteroatoms. The van der Waals surface area contributed by atoms with Crippen LogP contribution in [0.4, 0.5) is 0 Å². The average Bonchev–Trinajstić information content (AvgIpc) is 3.44. The predicted molar refractivity (Wildman–Crippen MR) is 290 cm³/mol. The number of ether oxygens (including phenoxy) is 2. The fourth-order valence-corrected chi connectivity index (χ4v) is 11.9. The molecule has 18 atom stereocenters. The van der Waals surface area contributed by atoms with Gasteiger partial charge in [0.15, 0.2) is 0 Å². The molecule has 2 unspecified atom stereocenters. The van der Waals surface area contributed by atoms with Crippen molar-refractivity contribution < 1.29 is 68.9 Å². The Morgan fingerprint density at radius 2 is 1.68 bits per heavy atom. The summed E-state index contributed by atoms with van der Waals surface area (Å²) in [6.07, 6.45) is 6.15. The molecule has 1 aromatic rings.